The van der Waals surface area contributed by atoms with Crippen LogP contribution in [0, 0.1) is 10.1 Å². The van der Waals surface area contributed by atoms with E-state index in [1.54, 1.807) is 0 Å². The van der Waals surface area contributed by atoms with Crippen molar-refractivity contribution in [1.82, 2.24) is 0 Å². The number of nitro groups is 1. The van der Waals surface area contributed by atoms with Crippen LogP contribution in [0.15, 0.2) is 18.2 Å². The highest BCUT2D eigenvalue weighted by Crippen LogP contribution is 2.39. The minimum Gasteiger partial charge on any atom is -0.394 e. The first-order valence-electron chi connectivity index (χ1n) is 6.04. The maximum Gasteiger partial charge on any atom is 0.423 e. The van der Waals surface area contributed by atoms with Gasteiger partial charge in [0.15, 0.2) is 0 Å². The first-order valence-corrected chi connectivity index (χ1v) is 6.04. The van der Waals surface area contributed by atoms with Crippen molar-refractivity contribution in [3.63, 3.8) is 0 Å². The van der Waals surface area contributed by atoms with Gasteiger partial charge in [-0.2, -0.15) is 13.2 Å². The van der Waals surface area contributed by atoms with Crippen LogP contribution < -0.4 is 4.90 Å². The van der Waals surface area contributed by atoms with Gasteiger partial charge in [0.25, 0.3) is 5.69 Å². The Morgan fingerprint density at radius 2 is 2.10 bits per heavy atom. The molecule has 0 bridgehead atoms. The summed E-state index contributed by atoms with van der Waals surface area (Å²) in [5.74, 6) is -0.420. The van der Waals surface area contributed by atoms with E-state index in [2.05, 4.69) is 0 Å². The summed E-state index contributed by atoms with van der Waals surface area (Å²) in [7, 11) is 0. The molecular weight excluding hydrogens is 293 g/mol. The van der Waals surface area contributed by atoms with Gasteiger partial charge in [0.05, 0.1) is 17.6 Å². The fraction of sp³-hybridized carbons (Fsp3) is 0.417. The van der Waals surface area contributed by atoms with E-state index in [0.29, 0.717) is 12.5 Å². The second kappa shape index (κ2) is 5.32. The Kier molecular flexibility index (Phi) is 3.86. The number of alkyl halides is 3. The number of hydrogen-bond donors (Lipinski definition) is 1. The molecule has 2 rings (SSSR count). The van der Waals surface area contributed by atoms with Gasteiger partial charge in [-0.1, -0.05) is 0 Å². The molecule has 1 fully saturated rings. The van der Waals surface area contributed by atoms with Gasteiger partial charge >= 0.3 is 6.18 Å². The molecule has 0 aliphatic carbocycles. The van der Waals surface area contributed by atoms with E-state index < -0.39 is 34.3 Å². The van der Waals surface area contributed by atoms with Crippen molar-refractivity contribution in [3.8, 4) is 0 Å². The minimum absolute atomic E-state index is 0.102. The minimum atomic E-state index is -4.91. The summed E-state index contributed by atoms with van der Waals surface area (Å²) in [5, 5.41) is 19.8. The van der Waals surface area contributed by atoms with Crippen LogP contribution in [0.5, 0.6) is 0 Å². The van der Waals surface area contributed by atoms with E-state index in [1.807, 2.05) is 0 Å². The van der Waals surface area contributed by atoms with E-state index in [1.165, 1.54) is 0 Å². The predicted molar refractivity (Wildman–Crippen MR) is 65.7 cm³/mol. The third kappa shape index (κ3) is 2.82. The predicted octanol–water partition coefficient (Wildman–Crippen LogP) is 2.10. The molecule has 21 heavy (non-hydrogen) atoms. The maximum atomic E-state index is 12.9. The van der Waals surface area contributed by atoms with E-state index >= 15 is 0 Å². The van der Waals surface area contributed by atoms with Gasteiger partial charge in [0, 0.05) is 18.2 Å². The van der Waals surface area contributed by atoms with E-state index in [4.69, 9.17) is 5.11 Å². The number of carbonyl (C=O) groups excluding carboxylic acids is 1. The molecule has 9 heteroatoms. The lowest BCUT2D eigenvalue weighted by Crippen LogP contribution is -2.35. The number of halogens is 3. The van der Waals surface area contributed by atoms with Crippen molar-refractivity contribution in [2.24, 2.45) is 0 Å². The van der Waals surface area contributed by atoms with Gasteiger partial charge in [-0.3, -0.25) is 14.9 Å². The average molecular weight is 304 g/mol. The zero-order valence-electron chi connectivity index (χ0n) is 10.6. The summed E-state index contributed by atoms with van der Waals surface area (Å²) in [6, 6.07) is 1.77. The molecule has 1 aliphatic rings. The quantitative estimate of drug-likeness (QED) is 0.684. The molecule has 6 nitrogen and oxygen atoms in total. The lowest BCUT2D eigenvalue weighted by Gasteiger charge is -2.24. The SMILES string of the molecule is O=C1CC[C@H](CO)N1c1ccc([N+](=O)[O-])c(C(F)(F)F)c1. The Morgan fingerprint density at radius 1 is 1.43 bits per heavy atom. The molecule has 1 atom stereocenters. The molecule has 0 saturated carbocycles. The third-order valence-corrected chi connectivity index (χ3v) is 3.30. The first kappa shape index (κ1) is 15.2. The van der Waals surface area contributed by atoms with Crippen molar-refractivity contribution in [3.05, 3.63) is 33.9 Å². The van der Waals surface area contributed by atoms with Gasteiger partial charge < -0.3 is 10.0 Å². The fourth-order valence-corrected chi connectivity index (χ4v) is 2.33. The molecule has 114 valence electrons. The molecular formula is C12H11F3N2O4. The Hall–Kier alpha value is -2.16. The highest BCUT2D eigenvalue weighted by atomic mass is 19.4. The molecule has 0 aromatic heterocycles. The number of amides is 1. The maximum absolute atomic E-state index is 12.9. The van der Waals surface area contributed by atoms with Crippen molar-refractivity contribution in [1.29, 1.82) is 0 Å². The molecule has 1 N–H and O–H groups in total. The van der Waals surface area contributed by atoms with E-state index in [9.17, 15) is 28.1 Å². The van der Waals surface area contributed by atoms with Crippen LogP contribution in [0.2, 0.25) is 0 Å². The largest absolute Gasteiger partial charge is 0.423 e. The molecule has 0 spiro atoms. The Bertz CT molecular complexity index is 588. The fourth-order valence-electron chi connectivity index (χ4n) is 2.33. The highest BCUT2D eigenvalue weighted by Gasteiger charge is 2.40. The van der Waals surface area contributed by atoms with Gasteiger partial charge in [0.2, 0.25) is 5.91 Å². The topological polar surface area (TPSA) is 83.7 Å². The second-order valence-electron chi connectivity index (χ2n) is 4.60. The van der Waals surface area contributed by atoms with E-state index in [0.717, 1.165) is 17.0 Å². The summed E-state index contributed by atoms with van der Waals surface area (Å²) in [5.41, 5.74) is -2.59. The molecule has 1 aromatic rings. The second-order valence-corrected chi connectivity index (χ2v) is 4.60. The van der Waals surface area contributed by atoms with Crippen LogP contribution >= 0.6 is 0 Å². The lowest BCUT2D eigenvalue weighted by molar-refractivity contribution is -0.388. The first-order chi connectivity index (χ1) is 9.75. The number of nitro benzene ring substituents is 1. The smallest absolute Gasteiger partial charge is 0.394 e. The third-order valence-electron chi connectivity index (χ3n) is 3.30. The molecule has 1 aliphatic heterocycles. The zero-order valence-corrected chi connectivity index (χ0v) is 10.6. The number of aliphatic hydroxyl groups is 1. The normalized spacial score (nSPS) is 19.1. The summed E-state index contributed by atoms with van der Waals surface area (Å²) >= 11 is 0. The van der Waals surface area contributed by atoms with Crippen molar-refractivity contribution >= 4 is 17.3 Å². The Morgan fingerprint density at radius 3 is 2.62 bits per heavy atom. The average Bonchev–Trinajstić information content (AvgIpc) is 2.78. The highest BCUT2D eigenvalue weighted by molar-refractivity contribution is 5.96. The summed E-state index contributed by atoms with van der Waals surface area (Å²) < 4.78 is 38.7. The Labute approximate surface area is 116 Å². The van der Waals surface area contributed by atoms with Crippen LogP contribution in [0.25, 0.3) is 0 Å². The standard InChI is InChI=1S/C12H11F3N2O4/c13-12(14,15)9-5-7(1-3-10(9)17(20)21)16-8(6-18)2-4-11(16)19/h1,3,5,8,18H,2,4,6H2/t8-/m1/s1. The van der Waals surface area contributed by atoms with Crippen LogP contribution in [0.3, 0.4) is 0 Å². The summed E-state index contributed by atoms with van der Waals surface area (Å²) in [6.07, 6.45) is -4.47. The number of carbonyl (C=O) groups is 1. The van der Waals surface area contributed by atoms with Gasteiger partial charge in [0.1, 0.15) is 5.56 Å². The van der Waals surface area contributed by atoms with Gasteiger partial charge in [-0.05, 0) is 18.6 Å². The molecule has 1 amide bonds. The zero-order chi connectivity index (χ0) is 15.8. The Balaban J connectivity index is 2.52. The van der Waals surface area contributed by atoms with Crippen molar-refractivity contribution < 1.29 is 28.0 Å². The number of rotatable bonds is 3. The van der Waals surface area contributed by atoms with Crippen LogP contribution in [-0.2, 0) is 11.0 Å². The van der Waals surface area contributed by atoms with Gasteiger partial charge in [-0.15, -0.1) is 0 Å². The van der Waals surface area contributed by atoms with Crippen molar-refractivity contribution in [2.45, 2.75) is 25.1 Å². The van der Waals surface area contributed by atoms with Crippen molar-refractivity contribution in [2.75, 3.05) is 11.5 Å². The molecule has 1 aromatic carbocycles. The van der Waals surface area contributed by atoms with Crippen LogP contribution in [-0.4, -0.2) is 28.6 Å². The van der Waals surface area contributed by atoms with E-state index in [-0.39, 0.29) is 18.7 Å². The lowest BCUT2D eigenvalue weighted by atomic mass is 10.1. The molecule has 1 saturated heterocycles. The number of nitrogens with zero attached hydrogens (tertiary/aromatic N) is 2. The monoisotopic (exact) mass is 304 g/mol. The number of hydrogen-bond acceptors (Lipinski definition) is 4. The summed E-state index contributed by atoms with van der Waals surface area (Å²) in [4.78, 5) is 22.3. The number of aliphatic hydroxyl groups excluding tert-OH is 1. The number of anilines is 1. The van der Waals surface area contributed by atoms with Crippen LogP contribution in [0.1, 0.15) is 18.4 Å². The molecule has 0 radical (unpaired) electrons. The molecule has 1 heterocycles. The molecule has 0 unspecified atom stereocenters. The number of benzene rings is 1. The van der Waals surface area contributed by atoms with Gasteiger partial charge in [-0.25, -0.2) is 0 Å². The van der Waals surface area contributed by atoms with Crippen LogP contribution in [0.4, 0.5) is 24.5 Å². The summed E-state index contributed by atoms with van der Waals surface area (Å²) in [6.45, 7) is -0.385.